The van der Waals surface area contributed by atoms with E-state index in [1.54, 1.807) is 14.1 Å². The Balaban J connectivity index is 2.17. The van der Waals surface area contributed by atoms with Gasteiger partial charge >= 0.3 is 0 Å². The maximum absolute atomic E-state index is 12.9. The maximum atomic E-state index is 12.9. The first-order valence-electron chi connectivity index (χ1n) is 9.23. The van der Waals surface area contributed by atoms with Gasteiger partial charge in [0.15, 0.2) is 12.1 Å². The van der Waals surface area contributed by atoms with E-state index in [4.69, 9.17) is 10.1 Å². The molecule has 5 atom stereocenters. The Morgan fingerprint density at radius 2 is 1.93 bits per heavy atom. The van der Waals surface area contributed by atoms with E-state index in [-0.39, 0.29) is 23.7 Å². The van der Waals surface area contributed by atoms with Crippen LogP contribution in [0.25, 0.3) is 0 Å². The maximum Gasteiger partial charge on any atom is 0.290 e. The van der Waals surface area contributed by atoms with Crippen molar-refractivity contribution in [1.82, 2.24) is 31.5 Å². The zero-order valence-corrected chi connectivity index (χ0v) is 16.9. The van der Waals surface area contributed by atoms with Crippen molar-refractivity contribution in [1.29, 1.82) is 5.41 Å². The molecule has 0 aliphatic carbocycles. The van der Waals surface area contributed by atoms with Crippen LogP contribution in [0.15, 0.2) is 11.4 Å². The number of ether oxygens (including phenoxy) is 1. The number of hydrazine groups is 2. The third-order valence-corrected chi connectivity index (χ3v) is 4.66. The van der Waals surface area contributed by atoms with E-state index in [9.17, 15) is 30.0 Å². The standard InChI is InChI=1S/C16H29N7O7/c1-18-10-9(14(17)19-8(25)4-5-22(2)3)20-21-23(15(10)29)16-13(28)12(27)11(26)7(6-24)30-16/h7,11-13,16,18,20-21,24,26-28H,4-6H2,1-3H3,(H2,17,19,25). The van der Waals surface area contributed by atoms with Gasteiger partial charge in [-0.2, -0.15) is 0 Å². The minimum atomic E-state index is -1.69. The summed E-state index contributed by atoms with van der Waals surface area (Å²) in [6.45, 7) is -0.174. The summed E-state index contributed by atoms with van der Waals surface area (Å²) >= 11 is 0. The topological polar surface area (TPSA) is 203 Å². The number of carbonyl (C=O) groups is 2. The Kier molecular flexibility index (Phi) is 8.08. The van der Waals surface area contributed by atoms with Crippen LogP contribution in [0.1, 0.15) is 6.42 Å². The predicted molar refractivity (Wildman–Crippen MR) is 102 cm³/mol. The molecular formula is C16H29N7O7. The largest absolute Gasteiger partial charge is 0.394 e. The smallest absolute Gasteiger partial charge is 0.290 e. The average molecular weight is 431 g/mol. The molecule has 2 aliphatic heterocycles. The molecule has 14 nitrogen and oxygen atoms in total. The van der Waals surface area contributed by atoms with Gasteiger partial charge in [0.25, 0.3) is 5.91 Å². The fourth-order valence-corrected chi connectivity index (χ4v) is 2.94. The van der Waals surface area contributed by atoms with E-state index < -0.39 is 49.1 Å². The highest BCUT2D eigenvalue weighted by Crippen LogP contribution is 2.24. The highest BCUT2D eigenvalue weighted by molar-refractivity contribution is 6.10. The van der Waals surface area contributed by atoms with E-state index >= 15 is 0 Å². The lowest BCUT2D eigenvalue weighted by Gasteiger charge is -2.45. The second-order valence-corrected chi connectivity index (χ2v) is 7.11. The highest BCUT2D eigenvalue weighted by Gasteiger charge is 2.48. The lowest BCUT2D eigenvalue weighted by Crippen LogP contribution is -2.70. The van der Waals surface area contributed by atoms with Gasteiger partial charge in [-0.05, 0) is 14.1 Å². The normalized spacial score (nSPS) is 29.7. The van der Waals surface area contributed by atoms with Crippen LogP contribution >= 0.6 is 0 Å². The fraction of sp³-hybridized carbons (Fsp3) is 0.688. The minimum Gasteiger partial charge on any atom is -0.394 e. The molecule has 30 heavy (non-hydrogen) atoms. The molecule has 0 aromatic heterocycles. The number of rotatable bonds is 7. The Labute approximate surface area is 172 Å². The number of carbonyl (C=O) groups excluding carboxylic acids is 2. The van der Waals surface area contributed by atoms with E-state index in [0.717, 1.165) is 5.01 Å². The van der Waals surface area contributed by atoms with Crippen molar-refractivity contribution in [3.8, 4) is 0 Å². The van der Waals surface area contributed by atoms with E-state index in [1.807, 2.05) is 4.90 Å². The number of nitrogens with one attached hydrogen (secondary N) is 5. The molecule has 2 heterocycles. The second kappa shape index (κ2) is 10.1. The highest BCUT2D eigenvalue weighted by atomic mass is 16.6. The van der Waals surface area contributed by atoms with Gasteiger partial charge < -0.3 is 40.7 Å². The van der Waals surface area contributed by atoms with Crippen LogP contribution in [0.3, 0.4) is 0 Å². The summed E-state index contributed by atoms with van der Waals surface area (Å²) in [6, 6.07) is 0. The zero-order chi connectivity index (χ0) is 22.6. The summed E-state index contributed by atoms with van der Waals surface area (Å²) in [5.41, 5.74) is 4.84. The number of hydrogen-bond acceptors (Lipinski definition) is 12. The van der Waals surface area contributed by atoms with Crippen molar-refractivity contribution in [2.75, 3.05) is 34.3 Å². The molecule has 2 aliphatic rings. The molecule has 9 N–H and O–H groups in total. The van der Waals surface area contributed by atoms with Gasteiger partial charge in [-0.1, -0.05) is 0 Å². The number of likely N-dealkylation sites (N-methyl/N-ethyl adjacent to an activating group) is 1. The Hall–Kier alpha value is -2.33. The first kappa shape index (κ1) is 23.9. The fourth-order valence-electron chi connectivity index (χ4n) is 2.94. The lowest BCUT2D eigenvalue weighted by atomic mass is 9.98. The molecule has 0 spiro atoms. The van der Waals surface area contributed by atoms with Crippen LogP contribution in [0.4, 0.5) is 0 Å². The van der Waals surface area contributed by atoms with Crippen molar-refractivity contribution >= 4 is 17.6 Å². The number of aliphatic hydroxyl groups excluding tert-OH is 4. The summed E-state index contributed by atoms with van der Waals surface area (Å²) < 4.78 is 5.36. The van der Waals surface area contributed by atoms with Crippen molar-refractivity contribution in [3.05, 3.63) is 11.4 Å². The van der Waals surface area contributed by atoms with Gasteiger partial charge in [-0.3, -0.25) is 20.4 Å². The molecule has 0 saturated carbocycles. The Bertz CT molecular complexity index is 699. The molecule has 2 rings (SSSR count). The van der Waals surface area contributed by atoms with Crippen LogP contribution in [-0.2, 0) is 14.3 Å². The SMILES string of the molecule is CNC1=C(C(=N)NC(=O)CCN(C)C)NNN(C2OC(CO)C(O)C(O)C2O)C1=O. The molecule has 1 saturated heterocycles. The molecule has 2 amide bonds. The van der Waals surface area contributed by atoms with Gasteiger partial charge in [0.05, 0.1) is 6.61 Å². The molecule has 14 heteroatoms. The zero-order valence-electron chi connectivity index (χ0n) is 16.9. The van der Waals surface area contributed by atoms with E-state index in [0.29, 0.717) is 6.54 Å². The summed E-state index contributed by atoms with van der Waals surface area (Å²) in [6.07, 6.45) is -7.46. The number of aliphatic hydroxyl groups is 4. The monoisotopic (exact) mass is 431 g/mol. The van der Waals surface area contributed by atoms with Crippen LogP contribution < -0.4 is 21.6 Å². The van der Waals surface area contributed by atoms with Crippen molar-refractivity contribution in [2.24, 2.45) is 0 Å². The van der Waals surface area contributed by atoms with Gasteiger partial charge in [-0.15, -0.1) is 5.53 Å². The van der Waals surface area contributed by atoms with Crippen LogP contribution in [0, 0.1) is 5.41 Å². The Morgan fingerprint density at radius 1 is 1.27 bits per heavy atom. The number of nitrogens with zero attached hydrogens (tertiary/aromatic N) is 2. The summed E-state index contributed by atoms with van der Waals surface area (Å²) in [5, 5.41) is 53.3. The molecular weight excluding hydrogens is 402 g/mol. The first-order chi connectivity index (χ1) is 14.1. The van der Waals surface area contributed by atoms with Gasteiger partial charge in [0, 0.05) is 20.0 Å². The van der Waals surface area contributed by atoms with Crippen molar-refractivity contribution in [2.45, 2.75) is 37.1 Å². The van der Waals surface area contributed by atoms with Gasteiger partial charge in [0.2, 0.25) is 5.91 Å². The van der Waals surface area contributed by atoms with Crippen LogP contribution in [-0.4, -0.2) is 113 Å². The molecule has 1 fully saturated rings. The molecule has 0 radical (unpaired) electrons. The third kappa shape index (κ3) is 5.04. The molecule has 0 bridgehead atoms. The number of amides is 2. The number of amidine groups is 1. The number of hydrogen-bond donors (Lipinski definition) is 9. The lowest BCUT2D eigenvalue weighted by molar-refractivity contribution is -0.270. The minimum absolute atomic E-state index is 0.0541. The third-order valence-electron chi connectivity index (χ3n) is 4.66. The van der Waals surface area contributed by atoms with Gasteiger partial charge in [-0.25, -0.2) is 5.01 Å². The van der Waals surface area contributed by atoms with Crippen LogP contribution in [0.2, 0.25) is 0 Å². The predicted octanol–water partition coefficient (Wildman–Crippen LogP) is -4.89. The van der Waals surface area contributed by atoms with Crippen molar-refractivity contribution < 1.29 is 34.8 Å². The molecule has 5 unspecified atom stereocenters. The quantitative estimate of drug-likeness (QED) is 0.138. The first-order valence-corrected chi connectivity index (χ1v) is 9.23. The summed E-state index contributed by atoms with van der Waals surface area (Å²) in [4.78, 5) is 26.7. The van der Waals surface area contributed by atoms with Gasteiger partial charge in [0.1, 0.15) is 35.8 Å². The summed E-state index contributed by atoms with van der Waals surface area (Å²) in [5.74, 6) is -1.55. The molecule has 0 aromatic rings. The van der Waals surface area contributed by atoms with E-state index in [2.05, 4.69) is 21.6 Å². The summed E-state index contributed by atoms with van der Waals surface area (Å²) in [7, 11) is 5.03. The average Bonchev–Trinajstić information content (AvgIpc) is 2.71. The van der Waals surface area contributed by atoms with Crippen LogP contribution in [0.5, 0.6) is 0 Å². The molecule has 170 valence electrons. The molecule has 0 aromatic carbocycles. The van der Waals surface area contributed by atoms with Crippen molar-refractivity contribution in [3.63, 3.8) is 0 Å². The second-order valence-electron chi connectivity index (χ2n) is 7.11. The van der Waals surface area contributed by atoms with E-state index in [1.165, 1.54) is 7.05 Å². The Morgan fingerprint density at radius 3 is 2.50 bits per heavy atom.